The molecule has 0 aliphatic heterocycles. The number of hydrogen-bond donors (Lipinski definition) is 1. The molecule has 0 radical (unpaired) electrons. The Bertz CT molecular complexity index is 653. The molecular formula is C14H14ClFN2O2. The summed E-state index contributed by atoms with van der Waals surface area (Å²) in [4.78, 5) is 11.3. The number of carboxylic acid groups (broad SMARTS) is 1. The first-order chi connectivity index (χ1) is 9.38. The van der Waals surface area contributed by atoms with E-state index in [1.54, 1.807) is 4.68 Å². The van der Waals surface area contributed by atoms with Crippen LogP contribution in [-0.4, -0.2) is 20.9 Å². The van der Waals surface area contributed by atoms with Crippen molar-refractivity contribution in [3.05, 3.63) is 40.8 Å². The van der Waals surface area contributed by atoms with E-state index < -0.39 is 11.8 Å². The van der Waals surface area contributed by atoms with Crippen LogP contribution >= 0.6 is 11.6 Å². The Morgan fingerprint density at radius 1 is 1.50 bits per heavy atom. The molecule has 0 saturated carbocycles. The minimum absolute atomic E-state index is 0.0581. The second-order valence-corrected chi connectivity index (χ2v) is 5.35. The van der Waals surface area contributed by atoms with Gasteiger partial charge in [-0.1, -0.05) is 25.4 Å². The zero-order valence-electron chi connectivity index (χ0n) is 11.1. The van der Waals surface area contributed by atoms with Gasteiger partial charge in [0, 0.05) is 18.3 Å². The van der Waals surface area contributed by atoms with E-state index in [1.807, 2.05) is 13.8 Å². The van der Waals surface area contributed by atoms with Crippen LogP contribution in [0.2, 0.25) is 5.02 Å². The number of nitrogens with zero attached hydrogens (tertiary/aromatic N) is 2. The van der Waals surface area contributed by atoms with Crippen LogP contribution in [0.25, 0.3) is 11.3 Å². The third kappa shape index (κ3) is 2.99. The van der Waals surface area contributed by atoms with Gasteiger partial charge in [0.1, 0.15) is 17.1 Å². The van der Waals surface area contributed by atoms with Crippen molar-refractivity contribution in [1.29, 1.82) is 0 Å². The number of carbonyl (C=O) groups is 1. The largest absolute Gasteiger partial charge is 0.478 e. The molecule has 0 unspecified atom stereocenters. The smallest absolute Gasteiger partial charge is 0.339 e. The van der Waals surface area contributed by atoms with Gasteiger partial charge in [-0.3, -0.25) is 4.68 Å². The average molecular weight is 297 g/mol. The minimum Gasteiger partial charge on any atom is -0.478 e. The number of benzene rings is 1. The minimum atomic E-state index is -1.07. The Kier molecular flexibility index (Phi) is 4.09. The maximum absolute atomic E-state index is 13.2. The van der Waals surface area contributed by atoms with Crippen molar-refractivity contribution in [2.75, 3.05) is 0 Å². The molecule has 0 atom stereocenters. The molecule has 0 bridgehead atoms. The van der Waals surface area contributed by atoms with E-state index in [4.69, 9.17) is 11.6 Å². The third-order valence-electron chi connectivity index (χ3n) is 2.74. The summed E-state index contributed by atoms with van der Waals surface area (Å²) in [5.41, 5.74) is 0.852. The van der Waals surface area contributed by atoms with Gasteiger partial charge in [-0.05, 0) is 24.1 Å². The van der Waals surface area contributed by atoms with E-state index in [9.17, 15) is 14.3 Å². The maximum atomic E-state index is 13.2. The van der Waals surface area contributed by atoms with Crippen molar-refractivity contribution < 1.29 is 14.3 Å². The van der Waals surface area contributed by atoms with Crippen molar-refractivity contribution in [1.82, 2.24) is 9.78 Å². The van der Waals surface area contributed by atoms with Crippen LogP contribution in [0.1, 0.15) is 24.2 Å². The van der Waals surface area contributed by atoms with E-state index in [2.05, 4.69) is 5.10 Å². The molecule has 0 amide bonds. The SMILES string of the molecule is CC(C)Cn1cc(C(=O)O)c(-c2ccc(F)c(Cl)c2)n1. The molecule has 1 N–H and O–H groups in total. The summed E-state index contributed by atoms with van der Waals surface area (Å²) in [6, 6.07) is 4.05. The highest BCUT2D eigenvalue weighted by molar-refractivity contribution is 6.31. The average Bonchev–Trinajstić information content (AvgIpc) is 2.76. The van der Waals surface area contributed by atoms with Gasteiger partial charge < -0.3 is 5.11 Å². The van der Waals surface area contributed by atoms with Crippen molar-refractivity contribution >= 4 is 17.6 Å². The van der Waals surface area contributed by atoms with Crippen LogP contribution in [0.5, 0.6) is 0 Å². The van der Waals surface area contributed by atoms with Crippen molar-refractivity contribution in [3.63, 3.8) is 0 Å². The number of hydrogen-bond acceptors (Lipinski definition) is 2. The highest BCUT2D eigenvalue weighted by Crippen LogP contribution is 2.26. The van der Waals surface area contributed by atoms with Crippen LogP contribution in [0.3, 0.4) is 0 Å². The molecule has 106 valence electrons. The molecule has 0 aliphatic rings. The summed E-state index contributed by atoms with van der Waals surface area (Å²) < 4.78 is 14.8. The van der Waals surface area contributed by atoms with E-state index >= 15 is 0 Å². The molecule has 0 fully saturated rings. The van der Waals surface area contributed by atoms with Crippen LogP contribution in [0.4, 0.5) is 4.39 Å². The number of carboxylic acids is 1. The molecule has 2 aromatic rings. The number of aromatic carboxylic acids is 1. The fraction of sp³-hybridized carbons (Fsp3) is 0.286. The predicted molar refractivity (Wildman–Crippen MR) is 74.4 cm³/mol. The number of aromatic nitrogens is 2. The van der Waals surface area contributed by atoms with Crippen molar-refractivity contribution in [3.8, 4) is 11.3 Å². The molecule has 0 saturated heterocycles. The van der Waals surface area contributed by atoms with Gasteiger partial charge in [0.2, 0.25) is 0 Å². The summed E-state index contributed by atoms with van der Waals surface area (Å²) in [7, 11) is 0. The monoisotopic (exact) mass is 296 g/mol. The zero-order valence-corrected chi connectivity index (χ0v) is 11.9. The summed E-state index contributed by atoms with van der Waals surface area (Å²) in [5, 5.41) is 13.4. The molecule has 4 nitrogen and oxygen atoms in total. The molecule has 1 aromatic heterocycles. The molecular weight excluding hydrogens is 283 g/mol. The lowest BCUT2D eigenvalue weighted by atomic mass is 10.1. The van der Waals surface area contributed by atoms with Crippen molar-refractivity contribution in [2.24, 2.45) is 5.92 Å². The molecule has 0 aliphatic carbocycles. The Balaban J connectivity index is 2.50. The molecule has 2 rings (SSSR count). The van der Waals surface area contributed by atoms with Gasteiger partial charge in [0.15, 0.2) is 0 Å². The topological polar surface area (TPSA) is 55.1 Å². The highest BCUT2D eigenvalue weighted by Gasteiger charge is 2.18. The van der Waals surface area contributed by atoms with Crippen LogP contribution in [0, 0.1) is 11.7 Å². The van der Waals surface area contributed by atoms with Crippen LogP contribution in [0.15, 0.2) is 24.4 Å². The lowest BCUT2D eigenvalue weighted by Gasteiger charge is -2.04. The third-order valence-corrected chi connectivity index (χ3v) is 3.03. The van der Waals surface area contributed by atoms with E-state index in [0.29, 0.717) is 23.7 Å². The first-order valence-electron chi connectivity index (χ1n) is 6.14. The Morgan fingerprint density at radius 2 is 2.20 bits per heavy atom. The molecule has 20 heavy (non-hydrogen) atoms. The number of rotatable bonds is 4. The van der Waals surface area contributed by atoms with Gasteiger partial charge in [0.25, 0.3) is 0 Å². The lowest BCUT2D eigenvalue weighted by molar-refractivity contribution is 0.0697. The molecule has 6 heteroatoms. The predicted octanol–water partition coefficient (Wildman–Crippen LogP) is 3.70. The van der Waals surface area contributed by atoms with E-state index in [1.165, 1.54) is 24.4 Å². The highest BCUT2D eigenvalue weighted by atomic mass is 35.5. The Hall–Kier alpha value is -1.88. The van der Waals surface area contributed by atoms with Crippen molar-refractivity contribution in [2.45, 2.75) is 20.4 Å². The normalized spacial score (nSPS) is 11.1. The summed E-state index contributed by atoms with van der Waals surface area (Å²) >= 11 is 5.73. The second-order valence-electron chi connectivity index (χ2n) is 4.94. The molecule has 1 aromatic carbocycles. The second kappa shape index (κ2) is 5.63. The summed E-state index contributed by atoms with van der Waals surface area (Å²) in [6.07, 6.45) is 1.48. The lowest BCUT2D eigenvalue weighted by Crippen LogP contribution is -2.04. The van der Waals surface area contributed by atoms with Gasteiger partial charge >= 0.3 is 5.97 Å². The molecule has 0 spiro atoms. The van der Waals surface area contributed by atoms with Gasteiger partial charge in [-0.2, -0.15) is 5.10 Å². The quantitative estimate of drug-likeness (QED) is 0.936. The Labute approximate surface area is 120 Å². The fourth-order valence-corrected chi connectivity index (χ4v) is 2.08. The standard InChI is InChI=1S/C14H14ClFN2O2/c1-8(2)6-18-7-10(14(19)20)13(17-18)9-3-4-12(16)11(15)5-9/h3-5,7-8H,6H2,1-2H3,(H,19,20). The first-order valence-corrected chi connectivity index (χ1v) is 6.52. The fourth-order valence-electron chi connectivity index (χ4n) is 1.90. The number of halogens is 2. The first kappa shape index (κ1) is 14.5. The maximum Gasteiger partial charge on any atom is 0.339 e. The van der Waals surface area contributed by atoms with Gasteiger partial charge in [-0.25, -0.2) is 9.18 Å². The summed E-state index contributed by atoms with van der Waals surface area (Å²) in [5.74, 6) is -1.29. The zero-order chi connectivity index (χ0) is 14.9. The Morgan fingerprint density at radius 3 is 2.75 bits per heavy atom. The van der Waals surface area contributed by atoms with Gasteiger partial charge in [0.05, 0.1) is 5.02 Å². The van der Waals surface area contributed by atoms with Crippen LogP contribution in [-0.2, 0) is 6.54 Å². The van der Waals surface area contributed by atoms with Crippen LogP contribution < -0.4 is 0 Å². The van der Waals surface area contributed by atoms with E-state index in [-0.39, 0.29) is 10.6 Å². The van der Waals surface area contributed by atoms with E-state index in [0.717, 1.165) is 0 Å². The van der Waals surface area contributed by atoms with Gasteiger partial charge in [-0.15, -0.1) is 0 Å². The summed E-state index contributed by atoms with van der Waals surface area (Å²) in [6.45, 7) is 4.63. The molecule has 1 heterocycles.